The minimum absolute atomic E-state index is 0.453. The van der Waals surface area contributed by atoms with E-state index in [0.29, 0.717) is 5.92 Å². The van der Waals surface area contributed by atoms with E-state index < -0.39 is 0 Å². The average molecular weight is 264 g/mol. The molecule has 0 bridgehead atoms. The molecule has 0 N–H and O–H groups in total. The Balaban J connectivity index is 2.39. The Hall–Kier alpha value is -1.18. The maximum Gasteiger partial charge on any atom is 0.0917 e. The first-order chi connectivity index (χ1) is 9.21. The zero-order valence-corrected chi connectivity index (χ0v) is 12.7. The van der Waals surface area contributed by atoms with Gasteiger partial charge in [0.2, 0.25) is 0 Å². The van der Waals surface area contributed by atoms with Crippen molar-refractivity contribution in [2.24, 2.45) is 11.8 Å². The predicted molar refractivity (Wildman–Crippen MR) is 80.7 cm³/mol. The van der Waals surface area contributed by atoms with Gasteiger partial charge in [-0.15, -0.1) is 0 Å². The van der Waals surface area contributed by atoms with Crippen molar-refractivity contribution in [3.05, 3.63) is 36.3 Å². The molecule has 0 aromatic rings. The van der Waals surface area contributed by atoms with Gasteiger partial charge >= 0.3 is 0 Å². The molecule has 1 rings (SSSR count). The number of hydrogen-bond donors (Lipinski definition) is 0. The molecule has 0 fully saturated rings. The van der Waals surface area contributed by atoms with Crippen LogP contribution in [0.25, 0.3) is 0 Å². The third-order valence-corrected chi connectivity index (χ3v) is 4.04. The van der Waals surface area contributed by atoms with Crippen molar-refractivity contribution < 1.29 is 9.47 Å². The van der Waals surface area contributed by atoms with Crippen molar-refractivity contribution in [3.63, 3.8) is 0 Å². The first-order valence-electron chi connectivity index (χ1n) is 7.28. The highest BCUT2D eigenvalue weighted by Crippen LogP contribution is 2.31. The summed E-state index contributed by atoms with van der Waals surface area (Å²) >= 11 is 0. The molecule has 2 heteroatoms. The minimum Gasteiger partial charge on any atom is -0.501 e. The second-order valence-corrected chi connectivity index (χ2v) is 5.26. The molecule has 19 heavy (non-hydrogen) atoms. The van der Waals surface area contributed by atoms with E-state index >= 15 is 0 Å². The van der Waals surface area contributed by atoms with Gasteiger partial charge in [0.25, 0.3) is 0 Å². The van der Waals surface area contributed by atoms with E-state index in [1.54, 1.807) is 14.2 Å². The van der Waals surface area contributed by atoms with E-state index in [-0.39, 0.29) is 0 Å². The lowest BCUT2D eigenvalue weighted by molar-refractivity contribution is 0.222. The molecule has 2 nitrogen and oxygen atoms in total. The Morgan fingerprint density at radius 3 is 2.84 bits per heavy atom. The molecule has 0 heterocycles. The zero-order valence-electron chi connectivity index (χ0n) is 12.7. The molecule has 108 valence electrons. The van der Waals surface area contributed by atoms with Crippen LogP contribution in [0, 0.1) is 11.8 Å². The van der Waals surface area contributed by atoms with E-state index in [1.807, 2.05) is 0 Å². The summed E-state index contributed by atoms with van der Waals surface area (Å²) in [6.45, 7) is 6.09. The third kappa shape index (κ3) is 5.54. The summed E-state index contributed by atoms with van der Waals surface area (Å²) < 4.78 is 10.6. The van der Waals surface area contributed by atoms with Crippen LogP contribution in [-0.2, 0) is 9.47 Å². The molecule has 0 saturated carbocycles. The molecule has 0 unspecified atom stereocenters. The molecule has 0 saturated heterocycles. The van der Waals surface area contributed by atoms with Crippen LogP contribution in [-0.4, -0.2) is 14.2 Å². The Labute approximate surface area is 118 Å². The van der Waals surface area contributed by atoms with Crippen LogP contribution in [0.3, 0.4) is 0 Å². The van der Waals surface area contributed by atoms with Crippen molar-refractivity contribution in [1.29, 1.82) is 0 Å². The fourth-order valence-corrected chi connectivity index (χ4v) is 2.63. The number of ether oxygens (including phenoxy) is 2. The van der Waals surface area contributed by atoms with Gasteiger partial charge in [-0.3, -0.25) is 0 Å². The van der Waals surface area contributed by atoms with Gasteiger partial charge in [0, 0.05) is 12.3 Å². The highest BCUT2D eigenvalue weighted by Gasteiger charge is 2.18. The Kier molecular flexibility index (Phi) is 7.39. The Morgan fingerprint density at radius 2 is 2.32 bits per heavy atom. The SMILES string of the molecule is C=C(OC)[C@@H](C/C=C\C)CC[C@@H]1CC=C(OC)CC1. The summed E-state index contributed by atoms with van der Waals surface area (Å²) in [5.41, 5.74) is 0. The van der Waals surface area contributed by atoms with Crippen molar-refractivity contribution in [2.75, 3.05) is 14.2 Å². The van der Waals surface area contributed by atoms with Crippen LogP contribution in [0.4, 0.5) is 0 Å². The van der Waals surface area contributed by atoms with Crippen molar-refractivity contribution in [1.82, 2.24) is 0 Å². The first kappa shape index (κ1) is 15.9. The fraction of sp³-hybridized carbons (Fsp3) is 0.647. The van der Waals surface area contributed by atoms with Gasteiger partial charge in [0.05, 0.1) is 25.7 Å². The summed E-state index contributed by atoms with van der Waals surface area (Å²) in [5.74, 6) is 3.32. The summed E-state index contributed by atoms with van der Waals surface area (Å²) in [6.07, 6.45) is 13.5. The van der Waals surface area contributed by atoms with E-state index in [2.05, 4.69) is 31.7 Å². The van der Waals surface area contributed by atoms with Crippen LogP contribution in [0.15, 0.2) is 36.3 Å². The number of hydrogen-bond acceptors (Lipinski definition) is 2. The lowest BCUT2D eigenvalue weighted by Gasteiger charge is -2.24. The molecular formula is C17H28O2. The number of methoxy groups -OCH3 is 2. The van der Waals surface area contributed by atoms with Crippen LogP contribution in [0.5, 0.6) is 0 Å². The quantitative estimate of drug-likeness (QED) is 0.461. The van der Waals surface area contributed by atoms with E-state index in [4.69, 9.17) is 9.47 Å². The second kappa shape index (κ2) is 8.84. The van der Waals surface area contributed by atoms with Crippen molar-refractivity contribution in [3.8, 4) is 0 Å². The molecule has 1 aliphatic rings. The van der Waals surface area contributed by atoms with Gasteiger partial charge in [-0.1, -0.05) is 18.7 Å². The maximum absolute atomic E-state index is 5.32. The van der Waals surface area contributed by atoms with Crippen LogP contribution >= 0.6 is 0 Å². The normalized spacial score (nSPS) is 21.0. The highest BCUT2D eigenvalue weighted by atomic mass is 16.5. The van der Waals surface area contributed by atoms with E-state index in [9.17, 15) is 0 Å². The number of rotatable bonds is 8. The van der Waals surface area contributed by atoms with E-state index in [0.717, 1.165) is 43.1 Å². The molecule has 0 spiro atoms. The Morgan fingerprint density at radius 1 is 1.53 bits per heavy atom. The first-order valence-corrected chi connectivity index (χ1v) is 7.28. The predicted octanol–water partition coefficient (Wildman–Crippen LogP) is 4.84. The molecule has 0 amide bonds. The van der Waals surface area contributed by atoms with Crippen LogP contribution in [0.2, 0.25) is 0 Å². The molecule has 0 aromatic carbocycles. The van der Waals surface area contributed by atoms with Gasteiger partial charge in [0.1, 0.15) is 0 Å². The fourth-order valence-electron chi connectivity index (χ4n) is 2.63. The molecule has 0 radical (unpaired) electrons. The number of allylic oxidation sites excluding steroid dienone is 5. The van der Waals surface area contributed by atoms with Gasteiger partial charge in [-0.2, -0.15) is 0 Å². The van der Waals surface area contributed by atoms with Crippen molar-refractivity contribution in [2.45, 2.75) is 45.4 Å². The van der Waals surface area contributed by atoms with Crippen LogP contribution < -0.4 is 0 Å². The molecular weight excluding hydrogens is 236 g/mol. The largest absolute Gasteiger partial charge is 0.501 e. The summed E-state index contributed by atoms with van der Waals surface area (Å²) in [7, 11) is 3.49. The van der Waals surface area contributed by atoms with Crippen molar-refractivity contribution >= 4 is 0 Å². The van der Waals surface area contributed by atoms with Gasteiger partial charge in [0.15, 0.2) is 0 Å². The summed E-state index contributed by atoms with van der Waals surface area (Å²) in [4.78, 5) is 0. The lowest BCUT2D eigenvalue weighted by Crippen LogP contribution is -2.11. The van der Waals surface area contributed by atoms with E-state index in [1.165, 1.54) is 12.8 Å². The average Bonchev–Trinajstić information content (AvgIpc) is 2.47. The standard InChI is InChI=1S/C17H28O2/c1-5-6-7-16(14(2)18-3)11-8-15-9-12-17(19-4)13-10-15/h5-6,12,15-16H,2,7-11,13H2,1,3-4H3/b6-5-/t15-,16+/m1/s1. The molecule has 0 aromatic heterocycles. The third-order valence-electron chi connectivity index (χ3n) is 4.04. The summed E-state index contributed by atoms with van der Waals surface area (Å²) in [5, 5.41) is 0. The Bertz CT molecular complexity index is 328. The molecule has 2 atom stereocenters. The lowest BCUT2D eigenvalue weighted by atomic mass is 9.85. The smallest absolute Gasteiger partial charge is 0.0917 e. The zero-order chi connectivity index (χ0) is 14.1. The van der Waals surface area contributed by atoms with Gasteiger partial charge < -0.3 is 9.47 Å². The van der Waals surface area contributed by atoms with Crippen LogP contribution in [0.1, 0.15) is 45.4 Å². The topological polar surface area (TPSA) is 18.5 Å². The molecule has 1 aliphatic carbocycles. The summed E-state index contributed by atoms with van der Waals surface area (Å²) in [6, 6.07) is 0. The minimum atomic E-state index is 0.453. The maximum atomic E-state index is 5.32. The van der Waals surface area contributed by atoms with Gasteiger partial charge in [-0.05, 0) is 51.0 Å². The second-order valence-electron chi connectivity index (χ2n) is 5.26. The highest BCUT2D eigenvalue weighted by molar-refractivity contribution is 5.00. The monoisotopic (exact) mass is 264 g/mol. The van der Waals surface area contributed by atoms with Gasteiger partial charge in [-0.25, -0.2) is 0 Å². The molecule has 0 aliphatic heterocycles.